The van der Waals surface area contributed by atoms with Crippen molar-refractivity contribution in [1.82, 2.24) is 29.7 Å². The Labute approximate surface area is 216 Å². The number of benzene rings is 1. The Balaban J connectivity index is 1.41. The van der Waals surface area contributed by atoms with Crippen molar-refractivity contribution >= 4 is 11.2 Å². The van der Waals surface area contributed by atoms with Gasteiger partial charge in [-0.3, -0.25) is 4.68 Å². The van der Waals surface area contributed by atoms with Gasteiger partial charge < -0.3 is 4.74 Å². The molecule has 3 aromatic heterocycles. The first-order chi connectivity index (χ1) is 17.7. The third-order valence-electron chi connectivity index (χ3n) is 7.61. The molecule has 2 fully saturated rings. The summed E-state index contributed by atoms with van der Waals surface area (Å²) >= 11 is 0. The normalized spacial score (nSPS) is 20.5. The fraction of sp³-hybridized carbons (Fsp3) is 0.483. The second-order valence-corrected chi connectivity index (χ2v) is 11.5. The lowest BCUT2D eigenvalue weighted by atomic mass is 9.86. The lowest BCUT2D eigenvalue weighted by Crippen LogP contribution is -2.20. The van der Waals surface area contributed by atoms with Crippen LogP contribution >= 0.6 is 0 Å². The summed E-state index contributed by atoms with van der Waals surface area (Å²) in [4.78, 5) is 19.3. The van der Waals surface area contributed by atoms with E-state index in [-0.39, 0.29) is 23.3 Å². The molecule has 0 N–H and O–H groups in total. The van der Waals surface area contributed by atoms with Crippen LogP contribution in [0, 0.1) is 19.7 Å². The van der Waals surface area contributed by atoms with Gasteiger partial charge in [0.1, 0.15) is 22.9 Å². The minimum atomic E-state index is -0.309. The van der Waals surface area contributed by atoms with Gasteiger partial charge in [0, 0.05) is 29.8 Å². The standard InChI is InChI=1S/C29H33FN6O/c1-16-17(2)33-28-26(32-16)25(22-9-6-20(13-23(22)30)29(3,4)5)34-27(35-28)18-10-11-37-24(12-18)19-14-31-36(15-19)21-7-8-21/h6,9,13-15,18,21,24H,7-8,10-12H2,1-5H3/t18-,24+/m0/s1. The molecule has 0 unspecified atom stereocenters. The quantitative estimate of drug-likeness (QED) is 0.327. The lowest BCUT2D eigenvalue weighted by Gasteiger charge is -2.28. The van der Waals surface area contributed by atoms with Gasteiger partial charge in [0.15, 0.2) is 5.65 Å². The molecular formula is C29H33FN6O. The molecule has 192 valence electrons. The van der Waals surface area contributed by atoms with Crippen LogP contribution in [0.5, 0.6) is 0 Å². The molecule has 1 aromatic carbocycles. The molecule has 6 rings (SSSR count). The molecule has 0 amide bonds. The van der Waals surface area contributed by atoms with Gasteiger partial charge in [-0.05, 0) is 62.6 Å². The average molecular weight is 501 g/mol. The van der Waals surface area contributed by atoms with Crippen LogP contribution < -0.4 is 0 Å². The number of hydrogen-bond donors (Lipinski definition) is 0. The summed E-state index contributed by atoms with van der Waals surface area (Å²) in [5, 5.41) is 4.54. The molecule has 1 saturated carbocycles. The Morgan fingerprint density at radius 2 is 1.78 bits per heavy atom. The van der Waals surface area contributed by atoms with Gasteiger partial charge in [-0.25, -0.2) is 24.3 Å². The van der Waals surface area contributed by atoms with Crippen molar-refractivity contribution in [3.63, 3.8) is 0 Å². The zero-order valence-electron chi connectivity index (χ0n) is 22.1. The van der Waals surface area contributed by atoms with Gasteiger partial charge in [-0.15, -0.1) is 0 Å². The highest BCUT2D eigenvalue weighted by Crippen LogP contribution is 2.40. The summed E-state index contributed by atoms with van der Waals surface area (Å²) in [6.07, 6.45) is 7.88. The van der Waals surface area contributed by atoms with Gasteiger partial charge in [-0.2, -0.15) is 5.10 Å². The first-order valence-corrected chi connectivity index (χ1v) is 13.2. The zero-order valence-corrected chi connectivity index (χ0v) is 22.1. The number of aryl methyl sites for hydroxylation is 2. The van der Waals surface area contributed by atoms with E-state index in [1.54, 1.807) is 6.07 Å². The molecule has 37 heavy (non-hydrogen) atoms. The van der Waals surface area contributed by atoms with E-state index in [4.69, 9.17) is 24.7 Å². The van der Waals surface area contributed by atoms with E-state index >= 15 is 4.39 Å². The van der Waals surface area contributed by atoms with Crippen molar-refractivity contribution in [3.8, 4) is 11.3 Å². The molecule has 1 saturated heterocycles. The van der Waals surface area contributed by atoms with E-state index < -0.39 is 0 Å². The van der Waals surface area contributed by atoms with Crippen molar-refractivity contribution < 1.29 is 9.13 Å². The van der Waals surface area contributed by atoms with Gasteiger partial charge >= 0.3 is 0 Å². The molecule has 7 nitrogen and oxygen atoms in total. The summed E-state index contributed by atoms with van der Waals surface area (Å²) < 4.78 is 23.8. The van der Waals surface area contributed by atoms with Crippen LogP contribution in [-0.4, -0.2) is 36.3 Å². The zero-order chi connectivity index (χ0) is 25.9. The summed E-state index contributed by atoms with van der Waals surface area (Å²) in [7, 11) is 0. The number of fused-ring (bicyclic) bond motifs is 1. The molecule has 2 atom stereocenters. The van der Waals surface area contributed by atoms with Gasteiger partial charge in [0.25, 0.3) is 0 Å². The number of halogens is 1. The molecule has 0 radical (unpaired) electrons. The van der Waals surface area contributed by atoms with Crippen molar-refractivity contribution in [1.29, 1.82) is 0 Å². The molecule has 1 aliphatic carbocycles. The smallest absolute Gasteiger partial charge is 0.182 e. The second kappa shape index (κ2) is 8.94. The van der Waals surface area contributed by atoms with Crippen LogP contribution in [0.3, 0.4) is 0 Å². The van der Waals surface area contributed by atoms with Crippen LogP contribution in [-0.2, 0) is 10.2 Å². The summed E-state index contributed by atoms with van der Waals surface area (Å²) in [5.74, 6) is 0.421. The number of aromatic nitrogens is 6. The molecule has 0 bridgehead atoms. The Kier molecular flexibility index (Phi) is 5.82. The fourth-order valence-corrected chi connectivity index (χ4v) is 4.99. The van der Waals surface area contributed by atoms with Crippen molar-refractivity contribution in [3.05, 3.63) is 64.7 Å². The largest absolute Gasteiger partial charge is 0.373 e. The SMILES string of the molecule is Cc1nc2nc([C@H]3CCO[C@@H](c4cnn(C5CC5)c4)C3)nc(-c3ccc(C(C)(C)C)cc3F)c2nc1C. The Morgan fingerprint density at radius 3 is 2.51 bits per heavy atom. The predicted octanol–water partition coefficient (Wildman–Crippen LogP) is 6.31. The lowest BCUT2D eigenvalue weighted by molar-refractivity contribution is 0.00396. The van der Waals surface area contributed by atoms with Crippen molar-refractivity contribution in [2.45, 2.75) is 83.8 Å². The van der Waals surface area contributed by atoms with E-state index in [0.29, 0.717) is 40.9 Å². The topological polar surface area (TPSA) is 78.6 Å². The maximum atomic E-state index is 15.6. The number of nitrogens with zero attached hydrogens (tertiary/aromatic N) is 6. The highest BCUT2D eigenvalue weighted by Gasteiger charge is 2.31. The molecular weight excluding hydrogens is 467 g/mol. The van der Waals surface area contributed by atoms with Crippen LogP contribution in [0.25, 0.3) is 22.4 Å². The van der Waals surface area contributed by atoms with Crippen molar-refractivity contribution in [2.75, 3.05) is 6.61 Å². The molecule has 4 heterocycles. The molecule has 8 heteroatoms. The minimum absolute atomic E-state index is 0.0616. The van der Waals surface area contributed by atoms with Crippen LogP contribution in [0.1, 0.15) is 92.9 Å². The van der Waals surface area contributed by atoms with Crippen LogP contribution in [0.4, 0.5) is 4.39 Å². The van der Waals surface area contributed by atoms with Crippen molar-refractivity contribution in [2.24, 2.45) is 0 Å². The van der Waals surface area contributed by atoms with Gasteiger partial charge in [0.2, 0.25) is 0 Å². The second-order valence-electron chi connectivity index (χ2n) is 11.5. The molecule has 2 aliphatic rings. The summed E-state index contributed by atoms with van der Waals surface area (Å²) in [6, 6.07) is 5.93. The minimum Gasteiger partial charge on any atom is -0.373 e. The van der Waals surface area contributed by atoms with E-state index in [1.165, 1.54) is 12.8 Å². The summed E-state index contributed by atoms with van der Waals surface area (Å²) in [5.41, 5.74) is 5.43. The Bertz CT molecular complexity index is 1490. The molecule has 4 aromatic rings. The van der Waals surface area contributed by atoms with Crippen LogP contribution in [0.2, 0.25) is 0 Å². The van der Waals surface area contributed by atoms with Gasteiger partial charge in [0.05, 0.1) is 29.7 Å². The van der Waals surface area contributed by atoms with E-state index in [2.05, 4.69) is 36.7 Å². The van der Waals surface area contributed by atoms with E-state index in [0.717, 1.165) is 35.4 Å². The Morgan fingerprint density at radius 1 is 1.00 bits per heavy atom. The van der Waals surface area contributed by atoms with E-state index in [1.807, 2.05) is 32.2 Å². The first kappa shape index (κ1) is 24.1. The fourth-order valence-electron chi connectivity index (χ4n) is 4.99. The monoisotopic (exact) mass is 500 g/mol. The molecule has 0 spiro atoms. The predicted molar refractivity (Wildman–Crippen MR) is 140 cm³/mol. The third-order valence-corrected chi connectivity index (χ3v) is 7.61. The third kappa shape index (κ3) is 4.63. The van der Waals surface area contributed by atoms with Gasteiger partial charge in [-0.1, -0.05) is 26.8 Å². The van der Waals surface area contributed by atoms with Crippen LogP contribution in [0.15, 0.2) is 30.6 Å². The molecule has 1 aliphatic heterocycles. The highest BCUT2D eigenvalue weighted by atomic mass is 19.1. The maximum Gasteiger partial charge on any atom is 0.182 e. The average Bonchev–Trinajstić information content (AvgIpc) is 3.60. The number of rotatable bonds is 4. The number of ether oxygens (including phenoxy) is 1. The number of hydrogen-bond acceptors (Lipinski definition) is 6. The van der Waals surface area contributed by atoms with E-state index in [9.17, 15) is 0 Å². The first-order valence-electron chi connectivity index (χ1n) is 13.2. The maximum absolute atomic E-state index is 15.6. The summed E-state index contributed by atoms with van der Waals surface area (Å²) in [6.45, 7) is 10.7. The highest BCUT2D eigenvalue weighted by molar-refractivity contribution is 5.87. The Hall–Kier alpha value is -3.26.